The average Bonchev–Trinajstić information content (AvgIpc) is 3.04. The average molecular weight is 253 g/mol. The van der Waals surface area contributed by atoms with Gasteiger partial charge in [0, 0.05) is 30.8 Å². The van der Waals surface area contributed by atoms with E-state index >= 15 is 0 Å². The topological polar surface area (TPSA) is 47.0 Å². The number of benzene rings is 1. The third kappa shape index (κ3) is 1.71. The first kappa shape index (κ1) is 10.9. The van der Waals surface area contributed by atoms with Crippen molar-refractivity contribution in [2.45, 2.75) is 32.5 Å². The summed E-state index contributed by atoms with van der Waals surface area (Å²) in [7, 11) is 0. The Morgan fingerprint density at radius 3 is 3.00 bits per heavy atom. The second-order valence-corrected chi connectivity index (χ2v) is 5.11. The first-order chi connectivity index (χ1) is 9.31. The molecular formula is C15H15N3O. The van der Waals surface area contributed by atoms with Crippen LogP contribution < -0.4 is 10.1 Å². The first-order valence-electron chi connectivity index (χ1n) is 6.63. The van der Waals surface area contributed by atoms with E-state index in [2.05, 4.69) is 28.3 Å². The van der Waals surface area contributed by atoms with E-state index in [1.54, 1.807) is 0 Å². The highest BCUT2D eigenvalue weighted by Crippen LogP contribution is 2.35. The Morgan fingerprint density at radius 1 is 1.21 bits per heavy atom. The Morgan fingerprint density at radius 2 is 2.11 bits per heavy atom. The molecule has 0 amide bonds. The lowest BCUT2D eigenvalue weighted by atomic mass is 10.1. The quantitative estimate of drug-likeness (QED) is 0.845. The molecule has 2 aromatic rings. The van der Waals surface area contributed by atoms with Crippen LogP contribution in [-0.2, 0) is 19.5 Å². The maximum absolute atomic E-state index is 5.96. The molecule has 0 bridgehead atoms. The molecule has 4 heteroatoms. The SMILES string of the molecule is Cc1nc(C2Cc3ccccc3O2)nc2c1CNC2. The van der Waals surface area contributed by atoms with Gasteiger partial charge in [-0.05, 0) is 18.6 Å². The second kappa shape index (κ2) is 4.03. The molecule has 0 aliphatic carbocycles. The third-order valence-electron chi connectivity index (χ3n) is 3.85. The highest BCUT2D eigenvalue weighted by atomic mass is 16.5. The fraction of sp³-hybridized carbons (Fsp3) is 0.333. The second-order valence-electron chi connectivity index (χ2n) is 5.11. The monoisotopic (exact) mass is 253 g/mol. The summed E-state index contributed by atoms with van der Waals surface area (Å²) in [6.45, 7) is 3.78. The Bertz CT molecular complexity index is 629. The Kier molecular flexibility index (Phi) is 2.32. The molecule has 0 fully saturated rings. The molecular weight excluding hydrogens is 238 g/mol. The molecule has 1 N–H and O–H groups in total. The predicted octanol–water partition coefficient (Wildman–Crippen LogP) is 2.06. The van der Waals surface area contributed by atoms with Crippen LogP contribution in [0.5, 0.6) is 5.75 Å². The van der Waals surface area contributed by atoms with Crippen molar-refractivity contribution in [3.63, 3.8) is 0 Å². The molecule has 1 aromatic carbocycles. The summed E-state index contributed by atoms with van der Waals surface area (Å²) in [6, 6.07) is 8.16. The van der Waals surface area contributed by atoms with Crippen molar-refractivity contribution in [2.75, 3.05) is 0 Å². The van der Waals surface area contributed by atoms with E-state index in [1.807, 2.05) is 18.2 Å². The van der Waals surface area contributed by atoms with Gasteiger partial charge in [-0.25, -0.2) is 9.97 Å². The zero-order valence-electron chi connectivity index (χ0n) is 10.8. The van der Waals surface area contributed by atoms with Crippen LogP contribution in [0.15, 0.2) is 24.3 Å². The van der Waals surface area contributed by atoms with Crippen molar-refractivity contribution in [1.29, 1.82) is 0 Å². The summed E-state index contributed by atoms with van der Waals surface area (Å²) in [5, 5.41) is 3.32. The van der Waals surface area contributed by atoms with Crippen molar-refractivity contribution in [3.05, 3.63) is 52.6 Å². The molecule has 1 aromatic heterocycles. The molecule has 0 saturated carbocycles. The van der Waals surface area contributed by atoms with E-state index < -0.39 is 0 Å². The molecule has 1 unspecified atom stereocenters. The lowest BCUT2D eigenvalue weighted by Gasteiger charge is -2.12. The number of nitrogens with one attached hydrogen (secondary N) is 1. The Labute approximate surface area is 111 Å². The van der Waals surface area contributed by atoms with Crippen LogP contribution in [-0.4, -0.2) is 9.97 Å². The summed E-state index contributed by atoms with van der Waals surface area (Å²) in [4.78, 5) is 9.31. The fourth-order valence-corrected chi connectivity index (χ4v) is 2.83. The summed E-state index contributed by atoms with van der Waals surface area (Å²) >= 11 is 0. The summed E-state index contributed by atoms with van der Waals surface area (Å²) in [6.07, 6.45) is 0.823. The Hall–Kier alpha value is -1.94. The zero-order valence-corrected chi connectivity index (χ0v) is 10.8. The number of fused-ring (bicyclic) bond motifs is 2. The highest BCUT2D eigenvalue weighted by molar-refractivity contribution is 5.38. The van der Waals surface area contributed by atoms with Gasteiger partial charge in [-0.15, -0.1) is 0 Å². The van der Waals surface area contributed by atoms with Crippen molar-refractivity contribution in [3.8, 4) is 5.75 Å². The summed E-state index contributed by atoms with van der Waals surface area (Å²) in [5.74, 6) is 1.78. The Balaban J connectivity index is 1.70. The number of ether oxygens (including phenoxy) is 1. The highest BCUT2D eigenvalue weighted by Gasteiger charge is 2.28. The van der Waals surface area contributed by atoms with E-state index in [4.69, 9.17) is 4.74 Å². The number of hydrogen-bond acceptors (Lipinski definition) is 4. The maximum atomic E-state index is 5.96. The zero-order chi connectivity index (χ0) is 12.8. The third-order valence-corrected chi connectivity index (χ3v) is 3.85. The van der Waals surface area contributed by atoms with Crippen molar-refractivity contribution in [2.24, 2.45) is 0 Å². The molecule has 2 aliphatic rings. The molecule has 1 atom stereocenters. The van der Waals surface area contributed by atoms with Crippen LogP contribution in [0.1, 0.15) is 34.4 Å². The van der Waals surface area contributed by atoms with Crippen molar-refractivity contribution < 1.29 is 4.74 Å². The van der Waals surface area contributed by atoms with E-state index in [9.17, 15) is 0 Å². The lowest BCUT2D eigenvalue weighted by Crippen LogP contribution is -2.12. The van der Waals surface area contributed by atoms with Gasteiger partial charge in [0.1, 0.15) is 5.75 Å². The van der Waals surface area contributed by atoms with E-state index in [0.717, 1.165) is 42.5 Å². The van der Waals surface area contributed by atoms with Crippen LogP contribution in [0.3, 0.4) is 0 Å². The van der Waals surface area contributed by atoms with Gasteiger partial charge in [0.05, 0.1) is 5.69 Å². The first-order valence-corrected chi connectivity index (χ1v) is 6.63. The van der Waals surface area contributed by atoms with Gasteiger partial charge in [0.25, 0.3) is 0 Å². The number of aromatic nitrogens is 2. The van der Waals surface area contributed by atoms with Crippen LogP contribution in [0.25, 0.3) is 0 Å². The lowest BCUT2D eigenvalue weighted by molar-refractivity contribution is 0.227. The van der Waals surface area contributed by atoms with Gasteiger partial charge < -0.3 is 10.1 Å². The summed E-state index contributed by atoms with van der Waals surface area (Å²) < 4.78 is 5.96. The molecule has 2 aliphatic heterocycles. The largest absolute Gasteiger partial charge is 0.482 e. The minimum Gasteiger partial charge on any atom is -0.482 e. The number of para-hydroxylation sites is 1. The van der Waals surface area contributed by atoms with Gasteiger partial charge in [-0.2, -0.15) is 0 Å². The molecule has 96 valence electrons. The predicted molar refractivity (Wildman–Crippen MR) is 70.8 cm³/mol. The van der Waals surface area contributed by atoms with Gasteiger partial charge in [-0.3, -0.25) is 0 Å². The minimum absolute atomic E-state index is 0.0398. The molecule has 19 heavy (non-hydrogen) atoms. The van der Waals surface area contributed by atoms with E-state index in [-0.39, 0.29) is 6.10 Å². The van der Waals surface area contributed by atoms with Crippen molar-refractivity contribution >= 4 is 0 Å². The summed E-state index contributed by atoms with van der Waals surface area (Å²) in [5.41, 5.74) is 4.69. The molecule has 0 radical (unpaired) electrons. The molecule has 0 saturated heterocycles. The smallest absolute Gasteiger partial charge is 0.170 e. The van der Waals surface area contributed by atoms with Crippen LogP contribution in [0.2, 0.25) is 0 Å². The fourth-order valence-electron chi connectivity index (χ4n) is 2.83. The van der Waals surface area contributed by atoms with Crippen LogP contribution in [0.4, 0.5) is 0 Å². The normalized spacial score (nSPS) is 19.9. The standard InChI is InChI=1S/C15H15N3O/c1-9-11-7-16-8-12(11)18-15(17-9)14-6-10-4-2-3-5-13(10)19-14/h2-5,14,16H,6-8H2,1H3. The molecule has 0 spiro atoms. The number of rotatable bonds is 1. The van der Waals surface area contributed by atoms with Gasteiger partial charge >= 0.3 is 0 Å². The van der Waals surface area contributed by atoms with Gasteiger partial charge in [-0.1, -0.05) is 18.2 Å². The number of nitrogens with zero attached hydrogens (tertiary/aromatic N) is 2. The maximum Gasteiger partial charge on any atom is 0.170 e. The van der Waals surface area contributed by atoms with E-state index in [1.165, 1.54) is 11.1 Å². The molecule has 4 nitrogen and oxygen atoms in total. The van der Waals surface area contributed by atoms with Gasteiger partial charge in [0.2, 0.25) is 0 Å². The van der Waals surface area contributed by atoms with Crippen LogP contribution >= 0.6 is 0 Å². The van der Waals surface area contributed by atoms with Gasteiger partial charge in [0.15, 0.2) is 11.9 Å². The van der Waals surface area contributed by atoms with Crippen LogP contribution in [0, 0.1) is 6.92 Å². The molecule has 4 rings (SSSR count). The minimum atomic E-state index is -0.0398. The number of aryl methyl sites for hydroxylation is 1. The van der Waals surface area contributed by atoms with E-state index in [0.29, 0.717) is 0 Å². The van der Waals surface area contributed by atoms with Crippen molar-refractivity contribution in [1.82, 2.24) is 15.3 Å². The number of hydrogen-bond donors (Lipinski definition) is 1. The molecule has 3 heterocycles.